The summed E-state index contributed by atoms with van der Waals surface area (Å²) in [5, 5.41) is 15.1. The number of hydrogen-bond acceptors (Lipinski definition) is 6. The molecule has 4 rings (SSSR count). The van der Waals surface area contributed by atoms with Crippen molar-refractivity contribution < 1.29 is 9.90 Å². The van der Waals surface area contributed by atoms with Gasteiger partial charge in [-0.15, -0.1) is 5.10 Å². The number of halogens is 1. The average molecular weight is 450 g/mol. The Labute approximate surface area is 168 Å². The normalized spacial score (nSPS) is 17.4. The summed E-state index contributed by atoms with van der Waals surface area (Å²) in [7, 11) is 0. The van der Waals surface area contributed by atoms with Crippen LogP contribution in [-0.2, 0) is 4.79 Å². The lowest BCUT2D eigenvalue weighted by Crippen LogP contribution is -2.40. The highest BCUT2D eigenvalue weighted by Crippen LogP contribution is 2.41. The number of thiazole rings is 1. The Bertz CT molecular complexity index is 993. The summed E-state index contributed by atoms with van der Waals surface area (Å²) in [6.07, 6.45) is 1.45. The Morgan fingerprint density at radius 2 is 2.15 bits per heavy atom. The summed E-state index contributed by atoms with van der Waals surface area (Å²) in [4.78, 5) is 19.7. The molecule has 1 fully saturated rings. The van der Waals surface area contributed by atoms with Gasteiger partial charge in [-0.1, -0.05) is 39.4 Å². The minimum Gasteiger partial charge on any atom is -0.492 e. The van der Waals surface area contributed by atoms with Crippen LogP contribution in [0.4, 0.5) is 0 Å². The van der Waals surface area contributed by atoms with E-state index in [1.807, 2.05) is 12.1 Å². The maximum atomic E-state index is 11.5. The predicted octanol–water partition coefficient (Wildman–Crippen LogP) is 2.85. The first-order valence-corrected chi connectivity index (χ1v) is 10.4. The van der Waals surface area contributed by atoms with Crippen molar-refractivity contribution >= 4 is 38.1 Å². The van der Waals surface area contributed by atoms with Gasteiger partial charge in [-0.05, 0) is 50.6 Å². The van der Waals surface area contributed by atoms with Gasteiger partial charge in [-0.3, -0.25) is 9.69 Å². The number of benzene rings is 1. The minimum atomic E-state index is -0.231. The number of amides is 1. The highest BCUT2D eigenvalue weighted by Gasteiger charge is 2.33. The Morgan fingerprint density at radius 1 is 1.41 bits per heavy atom. The van der Waals surface area contributed by atoms with E-state index in [-0.39, 0.29) is 23.7 Å². The zero-order chi connectivity index (χ0) is 19.1. The van der Waals surface area contributed by atoms with Gasteiger partial charge in [-0.25, -0.2) is 4.98 Å². The quantitative estimate of drug-likeness (QED) is 0.637. The number of primary amides is 1. The number of aryl methyl sites for hydroxylation is 1. The Morgan fingerprint density at radius 3 is 2.78 bits per heavy atom. The molecule has 9 heteroatoms. The molecule has 7 nitrogen and oxygen atoms in total. The van der Waals surface area contributed by atoms with Gasteiger partial charge in [-0.2, -0.15) is 4.52 Å². The van der Waals surface area contributed by atoms with E-state index in [1.165, 1.54) is 15.9 Å². The molecule has 1 aromatic carbocycles. The van der Waals surface area contributed by atoms with E-state index in [2.05, 4.69) is 43.0 Å². The third-order valence-electron chi connectivity index (χ3n) is 5.02. The van der Waals surface area contributed by atoms with Crippen molar-refractivity contribution in [1.29, 1.82) is 0 Å². The monoisotopic (exact) mass is 449 g/mol. The molecule has 27 heavy (non-hydrogen) atoms. The van der Waals surface area contributed by atoms with Crippen LogP contribution in [0.15, 0.2) is 28.7 Å². The van der Waals surface area contributed by atoms with E-state index in [4.69, 9.17) is 5.73 Å². The van der Waals surface area contributed by atoms with Crippen molar-refractivity contribution in [3.8, 4) is 5.88 Å². The number of piperidine rings is 1. The number of hydrogen-bond donors (Lipinski definition) is 2. The molecule has 1 aliphatic heterocycles. The minimum absolute atomic E-state index is 0.0806. The van der Waals surface area contributed by atoms with Crippen molar-refractivity contribution in [2.75, 3.05) is 13.1 Å². The van der Waals surface area contributed by atoms with Gasteiger partial charge in [0, 0.05) is 10.4 Å². The zero-order valence-corrected chi connectivity index (χ0v) is 17.2. The smallest absolute Gasteiger partial charge is 0.230 e. The van der Waals surface area contributed by atoms with Gasteiger partial charge in [0.2, 0.25) is 16.7 Å². The molecule has 1 aliphatic rings. The molecule has 3 aromatic rings. The number of rotatable bonds is 4. The SMILES string of the molecule is Cc1nc2sc([C@@H](c3cccc(Br)c3)N3CCC(C(N)=O)CC3)c(O)n2n1. The summed E-state index contributed by atoms with van der Waals surface area (Å²) < 4.78 is 2.48. The number of nitrogens with two attached hydrogens (primary N) is 1. The van der Waals surface area contributed by atoms with Crippen molar-refractivity contribution in [2.24, 2.45) is 11.7 Å². The number of carbonyl (C=O) groups excluding carboxylic acids is 1. The maximum absolute atomic E-state index is 11.5. The maximum Gasteiger partial charge on any atom is 0.230 e. The molecule has 0 saturated carbocycles. The van der Waals surface area contributed by atoms with Gasteiger partial charge in [0.05, 0.1) is 10.9 Å². The highest BCUT2D eigenvalue weighted by atomic mass is 79.9. The Balaban J connectivity index is 1.75. The lowest BCUT2D eigenvalue weighted by atomic mass is 9.93. The van der Waals surface area contributed by atoms with Gasteiger partial charge in [0.1, 0.15) is 5.82 Å². The zero-order valence-electron chi connectivity index (χ0n) is 14.8. The van der Waals surface area contributed by atoms with Crippen LogP contribution in [0.2, 0.25) is 0 Å². The molecule has 2 aromatic heterocycles. The van der Waals surface area contributed by atoms with E-state index >= 15 is 0 Å². The molecule has 3 N–H and O–H groups in total. The van der Waals surface area contributed by atoms with E-state index in [1.54, 1.807) is 6.92 Å². The van der Waals surface area contributed by atoms with Crippen molar-refractivity contribution in [2.45, 2.75) is 25.8 Å². The number of carbonyl (C=O) groups is 1. The van der Waals surface area contributed by atoms with Crippen LogP contribution in [0.1, 0.15) is 35.1 Å². The molecule has 0 spiro atoms. The van der Waals surface area contributed by atoms with Crippen LogP contribution in [0, 0.1) is 12.8 Å². The van der Waals surface area contributed by atoms with Crippen LogP contribution in [-0.4, -0.2) is 43.6 Å². The van der Waals surface area contributed by atoms with Gasteiger partial charge >= 0.3 is 0 Å². The lowest BCUT2D eigenvalue weighted by Gasteiger charge is -2.36. The van der Waals surface area contributed by atoms with Crippen LogP contribution in [0.3, 0.4) is 0 Å². The largest absolute Gasteiger partial charge is 0.492 e. The molecule has 0 aliphatic carbocycles. The second-order valence-electron chi connectivity index (χ2n) is 6.81. The molecular formula is C18H20BrN5O2S. The first-order valence-electron chi connectivity index (χ1n) is 8.78. The number of fused-ring (bicyclic) bond motifs is 1. The molecule has 1 amide bonds. The number of nitrogens with zero attached hydrogens (tertiary/aromatic N) is 4. The topological polar surface area (TPSA) is 96.8 Å². The number of aromatic hydroxyl groups is 1. The molecule has 142 valence electrons. The fraction of sp³-hybridized carbons (Fsp3) is 0.389. The highest BCUT2D eigenvalue weighted by molar-refractivity contribution is 9.10. The Kier molecular flexibility index (Phi) is 4.92. The second kappa shape index (κ2) is 7.21. The van der Waals surface area contributed by atoms with Crippen LogP contribution in [0.5, 0.6) is 5.88 Å². The summed E-state index contributed by atoms with van der Waals surface area (Å²) in [5.74, 6) is 0.440. The van der Waals surface area contributed by atoms with E-state index in [0.29, 0.717) is 10.8 Å². The van der Waals surface area contributed by atoms with E-state index in [9.17, 15) is 9.90 Å². The molecule has 1 atom stereocenters. The fourth-order valence-corrected chi connectivity index (χ4v) is 5.25. The van der Waals surface area contributed by atoms with Gasteiger partial charge < -0.3 is 10.8 Å². The van der Waals surface area contributed by atoms with Crippen LogP contribution >= 0.6 is 27.3 Å². The van der Waals surface area contributed by atoms with Crippen LogP contribution < -0.4 is 5.73 Å². The van der Waals surface area contributed by atoms with Crippen LogP contribution in [0.25, 0.3) is 4.96 Å². The Hall–Kier alpha value is -1.97. The third kappa shape index (κ3) is 3.46. The summed E-state index contributed by atoms with van der Waals surface area (Å²) in [6, 6.07) is 7.94. The summed E-state index contributed by atoms with van der Waals surface area (Å²) >= 11 is 4.99. The van der Waals surface area contributed by atoms with Crippen molar-refractivity contribution in [3.05, 3.63) is 45.0 Å². The van der Waals surface area contributed by atoms with Crippen molar-refractivity contribution in [3.63, 3.8) is 0 Å². The summed E-state index contributed by atoms with van der Waals surface area (Å²) in [5.41, 5.74) is 6.55. The van der Waals surface area contributed by atoms with E-state index < -0.39 is 0 Å². The van der Waals surface area contributed by atoms with Crippen molar-refractivity contribution in [1.82, 2.24) is 19.5 Å². The molecule has 0 radical (unpaired) electrons. The number of likely N-dealkylation sites (tertiary alicyclic amines) is 1. The molecule has 0 bridgehead atoms. The molecular weight excluding hydrogens is 430 g/mol. The first-order chi connectivity index (χ1) is 12.9. The van der Waals surface area contributed by atoms with Gasteiger partial charge in [0.15, 0.2) is 0 Å². The first kappa shape index (κ1) is 18.4. The summed E-state index contributed by atoms with van der Waals surface area (Å²) in [6.45, 7) is 3.27. The van der Waals surface area contributed by atoms with E-state index in [0.717, 1.165) is 40.8 Å². The average Bonchev–Trinajstić information content (AvgIpc) is 3.14. The predicted molar refractivity (Wildman–Crippen MR) is 107 cm³/mol. The van der Waals surface area contributed by atoms with Gasteiger partial charge in [0.25, 0.3) is 0 Å². The third-order valence-corrected chi connectivity index (χ3v) is 6.58. The molecule has 1 saturated heterocycles. The molecule has 3 heterocycles. The molecule has 0 unspecified atom stereocenters. The fourth-order valence-electron chi connectivity index (χ4n) is 3.67. The lowest BCUT2D eigenvalue weighted by molar-refractivity contribution is -0.123. The second-order valence-corrected chi connectivity index (χ2v) is 8.74. The standard InChI is InChI=1S/C18H20BrN5O2S/c1-10-21-18-24(22-10)17(26)15(27-18)14(12-3-2-4-13(19)9-12)23-7-5-11(6-8-23)16(20)25/h2-4,9,11,14,26H,5-8H2,1H3,(H2,20,25)/t14-/m1/s1. The number of aromatic nitrogens is 3.